The van der Waals surface area contributed by atoms with E-state index in [0.29, 0.717) is 12.1 Å². The first-order valence-electron chi connectivity index (χ1n) is 8.19. The third kappa shape index (κ3) is 4.47. The number of amides is 1. The molecule has 1 amide bonds. The monoisotopic (exact) mass is 338 g/mol. The molecule has 0 spiro atoms. The van der Waals surface area contributed by atoms with Crippen LogP contribution in [-0.2, 0) is 14.8 Å². The number of carbonyl (C=O) groups is 1. The highest BCUT2D eigenvalue weighted by Crippen LogP contribution is 2.24. The number of aryl methyl sites for hydroxylation is 1. The van der Waals surface area contributed by atoms with Gasteiger partial charge in [-0.15, -0.1) is 0 Å². The Kier molecular flexibility index (Phi) is 5.68. The van der Waals surface area contributed by atoms with Crippen LogP contribution in [0.25, 0.3) is 0 Å². The second kappa shape index (κ2) is 7.34. The molecule has 0 aliphatic heterocycles. The molecule has 1 aromatic carbocycles. The van der Waals surface area contributed by atoms with Crippen molar-refractivity contribution in [2.75, 3.05) is 10.6 Å². The summed E-state index contributed by atoms with van der Waals surface area (Å²) >= 11 is 0. The van der Waals surface area contributed by atoms with Gasteiger partial charge in [0.1, 0.15) is 6.04 Å². The number of anilines is 1. The summed E-state index contributed by atoms with van der Waals surface area (Å²) in [7, 11) is -3.55. The smallest absolute Gasteiger partial charge is 0.244 e. The topological polar surface area (TPSA) is 66.5 Å². The summed E-state index contributed by atoms with van der Waals surface area (Å²) in [4.78, 5) is 12.6. The average molecular weight is 338 g/mol. The molecule has 1 saturated carbocycles. The Morgan fingerprint density at radius 3 is 2.30 bits per heavy atom. The van der Waals surface area contributed by atoms with E-state index in [2.05, 4.69) is 5.32 Å². The third-order valence-electron chi connectivity index (χ3n) is 4.32. The lowest BCUT2D eigenvalue weighted by Gasteiger charge is -2.31. The quantitative estimate of drug-likeness (QED) is 0.867. The molecule has 6 heteroatoms. The Balaban J connectivity index is 2.28. The molecule has 0 unspecified atom stereocenters. The molecule has 0 heterocycles. The Labute approximate surface area is 139 Å². The number of carbonyl (C=O) groups excluding carboxylic acids is 1. The Bertz CT molecular complexity index is 634. The fraction of sp³-hybridized carbons (Fsp3) is 0.588. The highest BCUT2D eigenvalue weighted by Gasteiger charge is 2.32. The standard InChI is InChI=1S/C17H26N2O3S/c1-4-16(17(20)18-14-7-5-6-8-14)19(23(3,21)22)15-11-9-13(2)10-12-15/h9-12,14,16H,4-8H2,1-3H3,(H,18,20)/t16-/m0/s1. The van der Waals surface area contributed by atoms with E-state index in [4.69, 9.17) is 0 Å². The molecule has 0 saturated heterocycles. The van der Waals surface area contributed by atoms with Crippen molar-refractivity contribution in [2.45, 2.75) is 58.0 Å². The minimum atomic E-state index is -3.55. The minimum absolute atomic E-state index is 0.177. The lowest BCUT2D eigenvalue weighted by Crippen LogP contribution is -2.51. The van der Waals surface area contributed by atoms with Crippen molar-refractivity contribution in [3.8, 4) is 0 Å². The first kappa shape index (κ1) is 17.8. The van der Waals surface area contributed by atoms with Crippen LogP contribution in [0.15, 0.2) is 24.3 Å². The zero-order valence-electron chi connectivity index (χ0n) is 14.1. The van der Waals surface area contributed by atoms with Gasteiger partial charge < -0.3 is 5.32 Å². The molecular formula is C17H26N2O3S. The number of nitrogens with one attached hydrogen (secondary N) is 1. The summed E-state index contributed by atoms with van der Waals surface area (Å²) in [6, 6.07) is 6.68. The van der Waals surface area contributed by atoms with Gasteiger partial charge in [-0.05, 0) is 38.3 Å². The van der Waals surface area contributed by atoms with Gasteiger partial charge in [-0.3, -0.25) is 9.10 Å². The van der Waals surface area contributed by atoms with E-state index in [9.17, 15) is 13.2 Å². The summed E-state index contributed by atoms with van der Waals surface area (Å²) in [6.45, 7) is 3.78. The van der Waals surface area contributed by atoms with Crippen molar-refractivity contribution < 1.29 is 13.2 Å². The Morgan fingerprint density at radius 1 is 1.26 bits per heavy atom. The van der Waals surface area contributed by atoms with Crippen LogP contribution in [0, 0.1) is 6.92 Å². The van der Waals surface area contributed by atoms with Gasteiger partial charge in [0.25, 0.3) is 0 Å². The van der Waals surface area contributed by atoms with Crippen molar-refractivity contribution >= 4 is 21.6 Å². The summed E-state index contributed by atoms with van der Waals surface area (Å²) in [5.41, 5.74) is 1.58. The Hall–Kier alpha value is -1.56. The second-order valence-electron chi connectivity index (χ2n) is 6.31. The first-order valence-corrected chi connectivity index (χ1v) is 10.0. The van der Waals surface area contributed by atoms with Crippen LogP contribution in [0.3, 0.4) is 0 Å². The number of benzene rings is 1. The normalized spacial score (nSPS) is 17.0. The number of rotatable bonds is 6. The molecule has 2 rings (SSSR count). The Morgan fingerprint density at radius 2 is 1.83 bits per heavy atom. The average Bonchev–Trinajstić information content (AvgIpc) is 2.97. The number of sulfonamides is 1. The van der Waals surface area contributed by atoms with Gasteiger partial charge in [0.15, 0.2) is 0 Å². The maximum Gasteiger partial charge on any atom is 0.244 e. The van der Waals surface area contributed by atoms with Gasteiger partial charge in [0.2, 0.25) is 15.9 Å². The second-order valence-corrected chi connectivity index (χ2v) is 8.17. The molecule has 23 heavy (non-hydrogen) atoms. The highest BCUT2D eigenvalue weighted by atomic mass is 32.2. The lowest BCUT2D eigenvalue weighted by atomic mass is 10.1. The van der Waals surface area contributed by atoms with Crippen molar-refractivity contribution in [1.82, 2.24) is 5.32 Å². The molecule has 1 aliphatic rings. The van der Waals surface area contributed by atoms with Gasteiger partial charge in [-0.2, -0.15) is 0 Å². The van der Waals surface area contributed by atoms with Crippen LogP contribution in [0.4, 0.5) is 5.69 Å². The van der Waals surface area contributed by atoms with E-state index in [1.807, 2.05) is 26.0 Å². The van der Waals surface area contributed by atoms with E-state index < -0.39 is 16.1 Å². The molecule has 1 aromatic rings. The molecular weight excluding hydrogens is 312 g/mol. The van der Waals surface area contributed by atoms with Crippen LogP contribution in [0.5, 0.6) is 0 Å². The SMILES string of the molecule is CC[C@@H](C(=O)NC1CCCC1)N(c1ccc(C)cc1)S(C)(=O)=O. The molecule has 1 atom stereocenters. The first-order chi connectivity index (χ1) is 10.8. The van der Waals surface area contributed by atoms with Gasteiger partial charge in [-0.1, -0.05) is 37.5 Å². The van der Waals surface area contributed by atoms with E-state index in [0.717, 1.165) is 37.5 Å². The molecule has 1 fully saturated rings. The molecule has 0 aromatic heterocycles. The van der Waals surface area contributed by atoms with Gasteiger partial charge in [0.05, 0.1) is 11.9 Å². The maximum atomic E-state index is 12.6. The van der Waals surface area contributed by atoms with E-state index >= 15 is 0 Å². The van der Waals surface area contributed by atoms with E-state index in [1.165, 1.54) is 4.31 Å². The van der Waals surface area contributed by atoms with Crippen molar-refractivity contribution in [3.05, 3.63) is 29.8 Å². The van der Waals surface area contributed by atoms with Crippen molar-refractivity contribution in [2.24, 2.45) is 0 Å². The predicted molar refractivity (Wildman–Crippen MR) is 93.0 cm³/mol. The summed E-state index contributed by atoms with van der Waals surface area (Å²) in [5, 5.41) is 3.02. The summed E-state index contributed by atoms with van der Waals surface area (Å²) < 4.78 is 25.9. The van der Waals surface area contributed by atoms with Gasteiger partial charge in [-0.25, -0.2) is 8.42 Å². The third-order valence-corrected chi connectivity index (χ3v) is 5.50. The fourth-order valence-corrected chi connectivity index (χ4v) is 4.33. The van der Waals surface area contributed by atoms with Crippen molar-refractivity contribution in [1.29, 1.82) is 0 Å². The lowest BCUT2D eigenvalue weighted by molar-refractivity contribution is -0.122. The van der Waals surface area contributed by atoms with Gasteiger partial charge in [0, 0.05) is 6.04 Å². The zero-order valence-corrected chi connectivity index (χ0v) is 14.9. The predicted octanol–water partition coefficient (Wildman–Crippen LogP) is 2.60. The molecule has 0 bridgehead atoms. The van der Waals surface area contributed by atoms with E-state index in [1.54, 1.807) is 12.1 Å². The van der Waals surface area contributed by atoms with Crippen LogP contribution in [-0.4, -0.2) is 32.7 Å². The fourth-order valence-electron chi connectivity index (χ4n) is 3.12. The van der Waals surface area contributed by atoms with Crippen molar-refractivity contribution in [3.63, 3.8) is 0 Å². The van der Waals surface area contributed by atoms with Crippen LogP contribution in [0.2, 0.25) is 0 Å². The van der Waals surface area contributed by atoms with Crippen LogP contribution >= 0.6 is 0 Å². The molecule has 5 nitrogen and oxygen atoms in total. The largest absolute Gasteiger partial charge is 0.352 e. The zero-order chi connectivity index (χ0) is 17.0. The number of hydrogen-bond acceptors (Lipinski definition) is 3. The van der Waals surface area contributed by atoms with E-state index in [-0.39, 0.29) is 11.9 Å². The molecule has 1 aliphatic carbocycles. The summed E-state index contributed by atoms with van der Waals surface area (Å²) in [5.74, 6) is -0.203. The number of hydrogen-bond donors (Lipinski definition) is 1. The maximum absolute atomic E-state index is 12.6. The minimum Gasteiger partial charge on any atom is -0.352 e. The highest BCUT2D eigenvalue weighted by molar-refractivity contribution is 7.92. The van der Waals surface area contributed by atoms with Gasteiger partial charge >= 0.3 is 0 Å². The number of nitrogens with zero attached hydrogens (tertiary/aromatic N) is 1. The molecule has 0 radical (unpaired) electrons. The molecule has 128 valence electrons. The molecule has 1 N–H and O–H groups in total. The summed E-state index contributed by atoms with van der Waals surface area (Å²) in [6.07, 6.45) is 5.78. The van der Waals surface area contributed by atoms with Crippen LogP contribution < -0.4 is 9.62 Å². The van der Waals surface area contributed by atoms with Crippen LogP contribution in [0.1, 0.15) is 44.6 Å².